The van der Waals surface area contributed by atoms with Gasteiger partial charge in [-0.15, -0.1) is 0 Å². The summed E-state index contributed by atoms with van der Waals surface area (Å²) in [4.78, 5) is 0. The highest BCUT2D eigenvalue weighted by Crippen LogP contribution is 2.21. The van der Waals surface area contributed by atoms with Crippen molar-refractivity contribution in [2.45, 2.75) is 20.3 Å². The van der Waals surface area contributed by atoms with Gasteiger partial charge in [0.1, 0.15) is 0 Å². The summed E-state index contributed by atoms with van der Waals surface area (Å²) in [5, 5.41) is 3.48. The first kappa shape index (κ1) is 12.9. The van der Waals surface area contributed by atoms with E-state index in [2.05, 4.69) is 53.3 Å². The van der Waals surface area contributed by atoms with Gasteiger partial charge >= 0.3 is 0 Å². The number of hydrogen-bond acceptors (Lipinski definition) is 2. The van der Waals surface area contributed by atoms with Crippen LogP contribution in [0.4, 0.5) is 5.69 Å². The number of benzene rings is 1. The van der Waals surface area contributed by atoms with Crippen molar-refractivity contribution in [3.8, 4) is 0 Å². The molecule has 0 unspecified atom stereocenters. The Bertz CT molecular complexity index is 302. The van der Waals surface area contributed by atoms with Crippen molar-refractivity contribution >= 4 is 33.4 Å². The maximum Gasteiger partial charge on any atom is 0.0373 e. The van der Waals surface area contributed by atoms with E-state index in [1.54, 1.807) is 0 Å². The van der Waals surface area contributed by atoms with Crippen molar-refractivity contribution in [1.29, 1.82) is 0 Å². The quantitative estimate of drug-likeness (QED) is 0.788. The van der Waals surface area contributed by atoms with E-state index in [9.17, 15) is 0 Å². The smallest absolute Gasteiger partial charge is 0.0373 e. The minimum absolute atomic E-state index is 1.05. The van der Waals surface area contributed by atoms with Crippen LogP contribution in [0, 0.1) is 0 Å². The molecule has 0 aliphatic rings. The topological polar surface area (TPSA) is 12.0 Å². The molecule has 0 radical (unpaired) electrons. The minimum atomic E-state index is 1.05. The lowest BCUT2D eigenvalue weighted by Gasteiger charge is -2.10. The number of halogens is 1. The third-order valence-electron chi connectivity index (χ3n) is 2.21. The summed E-state index contributed by atoms with van der Waals surface area (Å²) in [5.41, 5.74) is 2.66. The first-order chi connectivity index (χ1) is 7.27. The highest BCUT2D eigenvalue weighted by Gasteiger charge is 2.00. The molecule has 84 valence electrons. The van der Waals surface area contributed by atoms with E-state index < -0.39 is 0 Å². The van der Waals surface area contributed by atoms with E-state index in [1.807, 2.05) is 11.8 Å². The fourth-order valence-electron chi connectivity index (χ4n) is 1.43. The number of nitrogens with one attached hydrogen (secondary N) is 1. The first-order valence-electron chi connectivity index (χ1n) is 5.38. The number of hydrogen-bond donors (Lipinski definition) is 1. The zero-order valence-electron chi connectivity index (χ0n) is 9.35. The highest BCUT2D eigenvalue weighted by molar-refractivity contribution is 9.10. The molecule has 0 bridgehead atoms. The van der Waals surface area contributed by atoms with Gasteiger partial charge in [-0.1, -0.05) is 29.8 Å². The molecule has 0 heterocycles. The molecule has 1 nitrogen and oxygen atoms in total. The SMILES string of the molecule is CCSCCNc1ccc(Br)cc1CC. The van der Waals surface area contributed by atoms with Crippen LogP contribution >= 0.6 is 27.7 Å². The molecular weight excluding hydrogens is 270 g/mol. The van der Waals surface area contributed by atoms with E-state index >= 15 is 0 Å². The molecule has 15 heavy (non-hydrogen) atoms. The van der Waals surface area contributed by atoms with Gasteiger partial charge in [-0.3, -0.25) is 0 Å². The lowest BCUT2D eigenvalue weighted by atomic mass is 10.1. The van der Waals surface area contributed by atoms with Crippen LogP contribution in [-0.2, 0) is 6.42 Å². The average molecular weight is 288 g/mol. The van der Waals surface area contributed by atoms with Crippen LogP contribution in [0.15, 0.2) is 22.7 Å². The Labute approximate surface area is 105 Å². The van der Waals surface area contributed by atoms with Crippen molar-refractivity contribution < 1.29 is 0 Å². The molecule has 1 rings (SSSR count). The molecular formula is C12H18BrNS. The summed E-state index contributed by atoms with van der Waals surface area (Å²) >= 11 is 5.47. The van der Waals surface area contributed by atoms with Gasteiger partial charge in [0, 0.05) is 22.5 Å². The Morgan fingerprint density at radius 2 is 2.13 bits per heavy atom. The molecule has 0 aromatic heterocycles. The van der Waals surface area contributed by atoms with Gasteiger partial charge in [0.15, 0.2) is 0 Å². The number of anilines is 1. The molecule has 3 heteroatoms. The van der Waals surface area contributed by atoms with Gasteiger partial charge in [-0.2, -0.15) is 11.8 Å². The summed E-state index contributed by atoms with van der Waals surface area (Å²) in [5.74, 6) is 2.37. The maximum atomic E-state index is 3.50. The molecule has 0 fully saturated rings. The summed E-state index contributed by atoms with van der Waals surface area (Å²) in [6.07, 6.45) is 1.07. The van der Waals surface area contributed by atoms with Crippen LogP contribution < -0.4 is 5.32 Å². The van der Waals surface area contributed by atoms with Gasteiger partial charge in [-0.05, 0) is 35.9 Å². The zero-order chi connectivity index (χ0) is 11.1. The second-order valence-electron chi connectivity index (χ2n) is 3.28. The summed E-state index contributed by atoms with van der Waals surface area (Å²) in [6, 6.07) is 6.43. The number of thioether (sulfide) groups is 1. The molecule has 0 saturated heterocycles. The van der Waals surface area contributed by atoms with Crippen LogP contribution in [0.1, 0.15) is 19.4 Å². The Morgan fingerprint density at radius 1 is 1.33 bits per heavy atom. The molecule has 0 atom stereocenters. The third kappa shape index (κ3) is 4.47. The summed E-state index contributed by atoms with van der Waals surface area (Å²) in [6.45, 7) is 5.43. The van der Waals surface area contributed by atoms with E-state index in [4.69, 9.17) is 0 Å². The van der Waals surface area contributed by atoms with E-state index in [0.717, 1.165) is 17.4 Å². The van der Waals surface area contributed by atoms with Crippen LogP contribution in [0.25, 0.3) is 0 Å². The maximum absolute atomic E-state index is 3.50. The molecule has 0 aliphatic heterocycles. The Kier molecular flexibility index (Phi) is 6.18. The molecule has 0 amide bonds. The number of aryl methyl sites for hydroxylation is 1. The fourth-order valence-corrected chi connectivity index (χ4v) is 2.37. The highest BCUT2D eigenvalue weighted by atomic mass is 79.9. The van der Waals surface area contributed by atoms with E-state index in [-0.39, 0.29) is 0 Å². The monoisotopic (exact) mass is 287 g/mol. The Balaban J connectivity index is 2.52. The molecule has 0 saturated carbocycles. The first-order valence-corrected chi connectivity index (χ1v) is 7.32. The van der Waals surface area contributed by atoms with Crippen molar-refractivity contribution in [2.75, 3.05) is 23.4 Å². The number of rotatable bonds is 6. The van der Waals surface area contributed by atoms with Gasteiger partial charge in [0.2, 0.25) is 0 Å². The van der Waals surface area contributed by atoms with Gasteiger partial charge in [-0.25, -0.2) is 0 Å². The van der Waals surface area contributed by atoms with Gasteiger partial charge < -0.3 is 5.32 Å². The van der Waals surface area contributed by atoms with Crippen LogP contribution in [-0.4, -0.2) is 18.1 Å². The van der Waals surface area contributed by atoms with Gasteiger partial charge in [0.25, 0.3) is 0 Å². The van der Waals surface area contributed by atoms with Crippen LogP contribution in [0.2, 0.25) is 0 Å². The zero-order valence-corrected chi connectivity index (χ0v) is 11.7. The molecule has 0 aliphatic carbocycles. The molecule has 1 aromatic rings. The van der Waals surface area contributed by atoms with Crippen LogP contribution in [0.5, 0.6) is 0 Å². The van der Waals surface area contributed by atoms with Gasteiger partial charge in [0.05, 0.1) is 0 Å². The Hall–Kier alpha value is -0.150. The largest absolute Gasteiger partial charge is 0.384 e. The lowest BCUT2D eigenvalue weighted by Crippen LogP contribution is -2.06. The Morgan fingerprint density at radius 3 is 2.80 bits per heavy atom. The second-order valence-corrected chi connectivity index (χ2v) is 5.59. The normalized spacial score (nSPS) is 10.3. The summed E-state index contributed by atoms with van der Waals surface area (Å²) < 4.78 is 1.16. The predicted octanol–water partition coefficient (Wildman–Crippen LogP) is 4.18. The molecule has 0 spiro atoms. The van der Waals surface area contributed by atoms with Crippen molar-refractivity contribution in [2.24, 2.45) is 0 Å². The van der Waals surface area contributed by atoms with Crippen molar-refractivity contribution in [3.63, 3.8) is 0 Å². The average Bonchev–Trinajstić information content (AvgIpc) is 2.26. The predicted molar refractivity (Wildman–Crippen MR) is 75.0 cm³/mol. The van der Waals surface area contributed by atoms with E-state index in [0.29, 0.717) is 0 Å². The fraction of sp³-hybridized carbons (Fsp3) is 0.500. The standard InChI is InChI=1S/C12H18BrNS/c1-3-10-9-11(13)5-6-12(10)14-7-8-15-4-2/h5-6,9,14H,3-4,7-8H2,1-2H3. The lowest BCUT2D eigenvalue weighted by molar-refractivity contribution is 1.11. The molecule has 1 N–H and O–H groups in total. The van der Waals surface area contributed by atoms with E-state index in [1.165, 1.54) is 22.8 Å². The van der Waals surface area contributed by atoms with Crippen LogP contribution in [0.3, 0.4) is 0 Å². The third-order valence-corrected chi connectivity index (χ3v) is 3.61. The van der Waals surface area contributed by atoms with Crippen molar-refractivity contribution in [1.82, 2.24) is 0 Å². The summed E-state index contributed by atoms with van der Waals surface area (Å²) in [7, 11) is 0. The molecule has 1 aromatic carbocycles. The minimum Gasteiger partial charge on any atom is -0.384 e. The van der Waals surface area contributed by atoms with Crippen molar-refractivity contribution in [3.05, 3.63) is 28.2 Å². The second kappa shape index (κ2) is 7.18.